The van der Waals surface area contributed by atoms with Gasteiger partial charge in [0, 0.05) is 0 Å². The van der Waals surface area contributed by atoms with Crippen LogP contribution in [0.25, 0.3) is 0 Å². The van der Waals surface area contributed by atoms with Gasteiger partial charge in [-0.2, -0.15) is 0 Å². The van der Waals surface area contributed by atoms with Crippen molar-refractivity contribution in [3.63, 3.8) is 0 Å². The Morgan fingerprint density at radius 2 is 1.89 bits per heavy atom. The van der Waals surface area contributed by atoms with E-state index in [0.29, 0.717) is 11.8 Å². The van der Waals surface area contributed by atoms with Crippen molar-refractivity contribution in [1.82, 2.24) is 5.32 Å². The van der Waals surface area contributed by atoms with Crippen molar-refractivity contribution in [2.45, 2.75) is 34.1 Å². The molecule has 0 amide bonds. The van der Waals surface area contributed by atoms with Gasteiger partial charge in [-0.1, -0.05) is 31.5 Å². The lowest BCUT2D eigenvalue weighted by Crippen LogP contribution is -2.25. The van der Waals surface area contributed by atoms with E-state index in [0.717, 1.165) is 18.7 Å². The summed E-state index contributed by atoms with van der Waals surface area (Å²) in [5, 5.41) is 3.30. The van der Waals surface area contributed by atoms with Crippen LogP contribution >= 0.6 is 0 Å². The van der Waals surface area contributed by atoms with Gasteiger partial charge in [0.15, 0.2) is 0 Å². The van der Waals surface area contributed by atoms with Gasteiger partial charge >= 0.3 is 0 Å². The minimum Gasteiger partial charge on any atom is -0.496 e. The first-order chi connectivity index (χ1) is 8.49. The third-order valence-electron chi connectivity index (χ3n) is 3.59. The van der Waals surface area contributed by atoms with E-state index >= 15 is 0 Å². The highest BCUT2D eigenvalue weighted by molar-refractivity contribution is 5.44. The van der Waals surface area contributed by atoms with Gasteiger partial charge in [0.25, 0.3) is 0 Å². The van der Waals surface area contributed by atoms with Gasteiger partial charge in [-0.05, 0) is 56.8 Å². The molecule has 1 aromatic carbocycles. The van der Waals surface area contributed by atoms with Gasteiger partial charge in [0.05, 0.1) is 7.11 Å². The van der Waals surface area contributed by atoms with Crippen LogP contribution in [-0.2, 0) is 6.42 Å². The molecule has 18 heavy (non-hydrogen) atoms. The lowest BCUT2D eigenvalue weighted by molar-refractivity contribution is 0.357. The average molecular weight is 249 g/mol. The van der Waals surface area contributed by atoms with Crippen molar-refractivity contribution >= 4 is 0 Å². The van der Waals surface area contributed by atoms with E-state index in [9.17, 15) is 0 Å². The van der Waals surface area contributed by atoms with Crippen molar-refractivity contribution in [2.24, 2.45) is 11.8 Å². The zero-order chi connectivity index (χ0) is 13.7. The number of benzene rings is 1. The van der Waals surface area contributed by atoms with Crippen LogP contribution in [0.15, 0.2) is 12.1 Å². The molecule has 0 aliphatic carbocycles. The molecule has 2 heteroatoms. The number of methoxy groups -OCH3 is 1. The standard InChI is InChI=1S/C16H27NO/c1-11(2)15(10-17-5)9-14-8-12(3)7-13(4)16(14)18-6/h7-8,11,15,17H,9-10H2,1-6H3. The fourth-order valence-electron chi connectivity index (χ4n) is 2.57. The minimum atomic E-state index is 0.644. The molecular formula is C16H27NO. The molecule has 1 unspecified atom stereocenters. The quantitative estimate of drug-likeness (QED) is 0.835. The molecule has 0 spiro atoms. The van der Waals surface area contributed by atoms with Crippen molar-refractivity contribution in [3.8, 4) is 5.75 Å². The van der Waals surface area contributed by atoms with Crippen LogP contribution < -0.4 is 10.1 Å². The minimum absolute atomic E-state index is 0.644. The molecule has 0 saturated carbocycles. The molecule has 0 aliphatic rings. The smallest absolute Gasteiger partial charge is 0.124 e. The topological polar surface area (TPSA) is 21.3 Å². The number of ether oxygens (including phenoxy) is 1. The number of aryl methyl sites for hydroxylation is 2. The highest BCUT2D eigenvalue weighted by Crippen LogP contribution is 2.29. The monoisotopic (exact) mass is 249 g/mol. The van der Waals surface area contributed by atoms with Crippen LogP contribution in [0, 0.1) is 25.7 Å². The Kier molecular flexibility index (Phi) is 5.67. The van der Waals surface area contributed by atoms with E-state index in [-0.39, 0.29) is 0 Å². The van der Waals surface area contributed by atoms with Gasteiger partial charge in [-0.15, -0.1) is 0 Å². The summed E-state index contributed by atoms with van der Waals surface area (Å²) in [6.07, 6.45) is 1.07. The summed E-state index contributed by atoms with van der Waals surface area (Å²) in [7, 11) is 3.79. The highest BCUT2D eigenvalue weighted by atomic mass is 16.5. The molecule has 0 aromatic heterocycles. The molecule has 0 saturated heterocycles. The summed E-state index contributed by atoms with van der Waals surface area (Å²) in [5.74, 6) is 2.37. The predicted molar refractivity (Wildman–Crippen MR) is 78.4 cm³/mol. The van der Waals surface area contributed by atoms with Crippen LogP contribution in [0.3, 0.4) is 0 Å². The number of hydrogen-bond acceptors (Lipinski definition) is 2. The highest BCUT2D eigenvalue weighted by Gasteiger charge is 2.17. The summed E-state index contributed by atoms with van der Waals surface area (Å²) in [5.41, 5.74) is 3.89. The molecule has 0 heterocycles. The molecule has 2 nitrogen and oxygen atoms in total. The second kappa shape index (κ2) is 6.79. The fraction of sp³-hybridized carbons (Fsp3) is 0.625. The summed E-state index contributed by atoms with van der Waals surface area (Å²) in [6, 6.07) is 4.45. The summed E-state index contributed by atoms with van der Waals surface area (Å²) >= 11 is 0. The van der Waals surface area contributed by atoms with Gasteiger partial charge < -0.3 is 10.1 Å². The third-order valence-corrected chi connectivity index (χ3v) is 3.59. The second-order valence-corrected chi connectivity index (χ2v) is 5.54. The second-order valence-electron chi connectivity index (χ2n) is 5.54. The summed E-state index contributed by atoms with van der Waals surface area (Å²) in [6.45, 7) is 9.90. The first-order valence-electron chi connectivity index (χ1n) is 6.78. The first kappa shape index (κ1) is 15.0. The van der Waals surface area contributed by atoms with E-state index in [1.54, 1.807) is 7.11 Å². The van der Waals surface area contributed by atoms with E-state index in [2.05, 4.69) is 45.1 Å². The van der Waals surface area contributed by atoms with Crippen LogP contribution in [-0.4, -0.2) is 20.7 Å². The van der Waals surface area contributed by atoms with Crippen molar-refractivity contribution in [1.29, 1.82) is 0 Å². The number of rotatable bonds is 6. The maximum absolute atomic E-state index is 5.57. The van der Waals surface area contributed by atoms with E-state index < -0.39 is 0 Å². The normalized spacial score (nSPS) is 12.8. The number of nitrogens with one attached hydrogen (secondary N) is 1. The summed E-state index contributed by atoms with van der Waals surface area (Å²) in [4.78, 5) is 0. The zero-order valence-corrected chi connectivity index (χ0v) is 12.6. The maximum Gasteiger partial charge on any atom is 0.124 e. The Labute approximate surface area is 112 Å². The van der Waals surface area contributed by atoms with Crippen molar-refractivity contribution in [3.05, 3.63) is 28.8 Å². The maximum atomic E-state index is 5.57. The fourth-order valence-corrected chi connectivity index (χ4v) is 2.57. The molecule has 1 atom stereocenters. The molecule has 0 radical (unpaired) electrons. The number of hydrogen-bond donors (Lipinski definition) is 1. The van der Waals surface area contributed by atoms with Crippen LogP contribution in [0.2, 0.25) is 0 Å². The molecule has 1 N–H and O–H groups in total. The van der Waals surface area contributed by atoms with Crippen LogP contribution in [0.4, 0.5) is 0 Å². The van der Waals surface area contributed by atoms with E-state index in [1.807, 2.05) is 7.05 Å². The summed E-state index contributed by atoms with van der Waals surface area (Å²) < 4.78 is 5.57. The zero-order valence-electron chi connectivity index (χ0n) is 12.6. The largest absolute Gasteiger partial charge is 0.496 e. The third kappa shape index (κ3) is 3.74. The van der Waals surface area contributed by atoms with Crippen molar-refractivity contribution < 1.29 is 4.74 Å². The molecule has 1 aromatic rings. The Balaban J connectivity index is 3.00. The Hall–Kier alpha value is -1.02. The van der Waals surface area contributed by atoms with Crippen molar-refractivity contribution in [2.75, 3.05) is 20.7 Å². The van der Waals surface area contributed by atoms with Crippen LogP contribution in [0.1, 0.15) is 30.5 Å². The first-order valence-corrected chi connectivity index (χ1v) is 6.78. The van der Waals surface area contributed by atoms with Gasteiger partial charge in [0.2, 0.25) is 0 Å². The lowest BCUT2D eigenvalue weighted by atomic mass is 9.87. The SMILES string of the molecule is CNCC(Cc1cc(C)cc(C)c1OC)C(C)C. The Morgan fingerprint density at radius 3 is 2.39 bits per heavy atom. The molecule has 0 fully saturated rings. The van der Waals surface area contributed by atoms with Gasteiger partial charge in [-0.3, -0.25) is 0 Å². The lowest BCUT2D eigenvalue weighted by Gasteiger charge is -2.22. The van der Waals surface area contributed by atoms with Crippen LogP contribution in [0.5, 0.6) is 5.75 Å². The van der Waals surface area contributed by atoms with Gasteiger partial charge in [-0.25, -0.2) is 0 Å². The van der Waals surface area contributed by atoms with E-state index in [4.69, 9.17) is 4.74 Å². The average Bonchev–Trinajstić information content (AvgIpc) is 2.27. The van der Waals surface area contributed by atoms with E-state index in [1.165, 1.54) is 16.7 Å². The molecule has 1 rings (SSSR count). The molecule has 102 valence electrons. The molecule has 0 bridgehead atoms. The molecule has 0 aliphatic heterocycles. The molecular weight excluding hydrogens is 222 g/mol. The predicted octanol–water partition coefficient (Wildman–Crippen LogP) is 3.35. The van der Waals surface area contributed by atoms with Gasteiger partial charge in [0.1, 0.15) is 5.75 Å². The Bertz CT molecular complexity index is 385. The Morgan fingerprint density at radius 1 is 1.22 bits per heavy atom.